The molecule has 0 aliphatic heterocycles. The van der Waals surface area contributed by atoms with E-state index in [0.29, 0.717) is 56.9 Å². The van der Waals surface area contributed by atoms with Crippen LogP contribution in [-0.2, 0) is 16.1 Å². The van der Waals surface area contributed by atoms with Crippen LogP contribution in [0, 0.1) is 6.92 Å². The zero-order valence-electron chi connectivity index (χ0n) is 19.4. The smallest absolute Gasteiger partial charge is 0.221 e. The summed E-state index contributed by atoms with van der Waals surface area (Å²) in [6, 6.07) is 13.4. The van der Waals surface area contributed by atoms with E-state index in [4.69, 9.17) is 14.2 Å². The van der Waals surface area contributed by atoms with Crippen molar-refractivity contribution in [3.05, 3.63) is 53.6 Å². The van der Waals surface area contributed by atoms with Gasteiger partial charge in [-0.05, 0) is 37.6 Å². The van der Waals surface area contributed by atoms with Crippen LogP contribution in [-0.4, -0.2) is 51.9 Å². The number of rotatable bonds is 12. The predicted molar refractivity (Wildman–Crippen MR) is 128 cm³/mol. The average Bonchev–Trinajstić information content (AvgIpc) is 2.77. The number of amides is 1. The SMILES string of the molecule is CCOCCOc1cc(C)ccc1CNC(=NC)NCCOc1cccc(NC(C)=O)c1. The van der Waals surface area contributed by atoms with Crippen LogP contribution in [0.2, 0.25) is 0 Å². The molecule has 2 rings (SSSR count). The Morgan fingerprint density at radius 3 is 2.62 bits per heavy atom. The summed E-state index contributed by atoms with van der Waals surface area (Å²) in [6.07, 6.45) is 0. The summed E-state index contributed by atoms with van der Waals surface area (Å²) in [7, 11) is 1.72. The lowest BCUT2D eigenvalue weighted by Gasteiger charge is -2.16. The first-order valence-corrected chi connectivity index (χ1v) is 10.8. The quantitative estimate of drug-likeness (QED) is 0.266. The van der Waals surface area contributed by atoms with Crippen molar-refractivity contribution in [1.29, 1.82) is 0 Å². The van der Waals surface area contributed by atoms with Gasteiger partial charge in [0.2, 0.25) is 5.91 Å². The molecule has 0 saturated heterocycles. The second-order valence-corrected chi connectivity index (χ2v) is 7.07. The van der Waals surface area contributed by atoms with E-state index >= 15 is 0 Å². The minimum atomic E-state index is -0.116. The van der Waals surface area contributed by atoms with Crippen molar-refractivity contribution in [3.63, 3.8) is 0 Å². The second kappa shape index (κ2) is 13.9. The molecule has 8 nitrogen and oxygen atoms in total. The number of carbonyl (C=O) groups is 1. The third-order valence-corrected chi connectivity index (χ3v) is 4.40. The minimum absolute atomic E-state index is 0.116. The van der Waals surface area contributed by atoms with Gasteiger partial charge in [0.05, 0.1) is 13.2 Å². The molecule has 0 atom stereocenters. The molecular formula is C24H34N4O4. The number of hydrogen-bond donors (Lipinski definition) is 3. The number of aliphatic imine (C=N–C) groups is 1. The van der Waals surface area contributed by atoms with Gasteiger partial charge in [-0.15, -0.1) is 0 Å². The molecule has 0 radical (unpaired) electrons. The highest BCUT2D eigenvalue weighted by Crippen LogP contribution is 2.20. The molecule has 32 heavy (non-hydrogen) atoms. The lowest BCUT2D eigenvalue weighted by Crippen LogP contribution is -2.39. The fraction of sp³-hybridized carbons (Fsp3) is 0.417. The van der Waals surface area contributed by atoms with E-state index in [1.165, 1.54) is 6.92 Å². The number of ether oxygens (including phenoxy) is 3. The van der Waals surface area contributed by atoms with E-state index in [0.717, 1.165) is 16.9 Å². The molecule has 2 aromatic rings. The molecule has 0 saturated carbocycles. The van der Waals surface area contributed by atoms with Crippen LogP contribution in [0.15, 0.2) is 47.5 Å². The Labute approximate surface area is 190 Å². The second-order valence-electron chi connectivity index (χ2n) is 7.07. The van der Waals surface area contributed by atoms with Gasteiger partial charge in [-0.3, -0.25) is 9.79 Å². The summed E-state index contributed by atoms with van der Waals surface area (Å²) in [6.45, 7) is 8.82. The van der Waals surface area contributed by atoms with Gasteiger partial charge in [-0.25, -0.2) is 0 Å². The molecule has 0 aliphatic carbocycles. The van der Waals surface area contributed by atoms with Crippen LogP contribution in [0.5, 0.6) is 11.5 Å². The van der Waals surface area contributed by atoms with Crippen molar-refractivity contribution in [2.75, 3.05) is 45.3 Å². The first-order valence-electron chi connectivity index (χ1n) is 10.8. The summed E-state index contributed by atoms with van der Waals surface area (Å²) in [5, 5.41) is 9.27. The first kappa shape index (κ1) is 25.0. The molecule has 0 aromatic heterocycles. The van der Waals surface area contributed by atoms with Gasteiger partial charge in [0.1, 0.15) is 24.7 Å². The number of anilines is 1. The minimum Gasteiger partial charge on any atom is -0.492 e. The molecule has 2 aromatic carbocycles. The van der Waals surface area contributed by atoms with Crippen molar-refractivity contribution >= 4 is 17.6 Å². The summed E-state index contributed by atoms with van der Waals surface area (Å²) in [4.78, 5) is 15.4. The first-order chi connectivity index (χ1) is 15.5. The highest BCUT2D eigenvalue weighted by Gasteiger charge is 2.06. The Kier molecular flexibility index (Phi) is 10.9. The van der Waals surface area contributed by atoms with Crippen molar-refractivity contribution in [3.8, 4) is 11.5 Å². The average molecular weight is 443 g/mol. The zero-order chi connectivity index (χ0) is 23.2. The van der Waals surface area contributed by atoms with Crippen molar-refractivity contribution < 1.29 is 19.0 Å². The highest BCUT2D eigenvalue weighted by molar-refractivity contribution is 5.88. The van der Waals surface area contributed by atoms with E-state index in [-0.39, 0.29) is 5.91 Å². The maximum absolute atomic E-state index is 11.2. The fourth-order valence-corrected chi connectivity index (χ4v) is 2.90. The molecule has 1 amide bonds. The van der Waals surface area contributed by atoms with Crippen LogP contribution >= 0.6 is 0 Å². The predicted octanol–water partition coefficient (Wildman–Crippen LogP) is 3.11. The summed E-state index contributed by atoms with van der Waals surface area (Å²) in [5.74, 6) is 2.08. The molecule has 0 bridgehead atoms. The molecule has 0 spiro atoms. The maximum Gasteiger partial charge on any atom is 0.221 e. The number of aryl methyl sites for hydroxylation is 1. The molecule has 0 unspecified atom stereocenters. The molecular weight excluding hydrogens is 408 g/mol. The number of carbonyl (C=O) groups excluding carboxylic acids is 1. The summed E-state index contributed by atoms with van der Waals surface area (Å²) in [5.41, 5.74) is 2.89. The van der Waals surface area contributed by atoms with Gasteiger partial charge in [0.15, 0.2) is 5.96 Å². The summed E-state index contributed by atoms with van der Waals surface area (Å²) >= 11 is 0. The standard InChI is InChI=1S/C24H34N4O4/c1-5-30-13-14-32-23-15-18(2)9-10-20(23)17-27-24(25-4)26-11-12-31-22-8-6-7-21(16-22)28-19(3)29/h6-10,15-16H,5,11-14,17H2,1-4H3,(H,28,29)(H2,25,26,27). The number of guanidine groups is 1. The normalized spacial score (nSPS) is 11.1. The third kappa shape index (κ3) is 9.26. The van der Waals surface area contributed by atoms with Gasteiger partial charge in [0, 0.05) is 44.4 Å². The van der Waals surface area contributed by atoms with Gasteiger partial charge >= 0.3 is 0 Å². The number of nitrogens with one attached hydrogen (secondary N) is 3. The Bertz CT molecular complexity index is 886. The number of benzene rings is 2. The third-order valence-electron chi connectivity index (χ3n) is 4.40. The number of nitrogens with zero attached hydrogens (tertiary/aromatic N) is 1. The zero-order valence-corrected chi connectivity index (χ0v) is 19.4. The Balaban J connectivity index is 1.79. The van der Waals surface area contributed by atoms with Crippen LogP contribution in [0.3, 0.4) is 0 Å². The molecule has 0 fully saturated rings. The molecule has 174 valence electrons. The van der Waals surface area contributed by atoms with E-state index in [1.807, 2.05) is 38.1 Å². The Morgan fingerprint density at radius 2 is 1.88 bits per heavy atom. The van der Waals surface area contributed by atoms with Crippen molar-refractivity contribution in [1.82, 2.24) is 10.6 Å². The van der Waals surface area contributed by atoms with Crippen LogP contribution in [0.1, 0.15) is 25.0 Å². The van der Waals surface area contributed by atoms with E-state index < -0.39 is 0 Å². The summed E-state index contributed by atoms with van der Waals surface area (Å²) < 4.78 is 17.0. The van der Waals surface area contributed by atoms with E-state index in [9.17, 15) is 4.79 Å². The van der Waals surface area contributed by atoms with Gasteiger partial charge in [0.25, 0.3) is 0 Å². The van der Waals surface area contributed by atoms with Crippen molar-refractivity contribution in [2.45, 2.75) is 27.3 Å². The van der Waals surface area contributed by atoms with Crippen LogP contribution in [0.25, 0.3) is 0 Å². The van der Waals surface area contributed by atoms with Crippen LogP contribution < -0.4 is 25.4 Å². The van der Waals surface area contributed by atoms with Gasteiger partial charge < -0.3 is 30.2 Å². The van der Waals surface area contributed by atoms with Gasteiger partial charge in [-0.2, -0.15) is 0 Å². The Morgan fingerprint density at radius 1 is 1.03 bits per heavy atom. The monoisotopic (exact) mass is 442 g/mol. The molecule has 8 heteroatoms. The lowest BCUT2D eigenvalue weighted by molar-refractivity contribution is -0.114. The highest BCUT2D eigenvalue weighted by atomic mass is 16.5. The van der Waals surface area contributed by atoms with Gasteiger partial charge in [-0.1, -0.05) is 18.2 Å². The lowest BCUT2D eigenvalue weighted by atomic mass is 10.1. The van der Waals surface area contributed by atoms with Crippen molar-refractivity contribution in [2.24, 2.45) is 4.99 Å². The molecule has 3 N–H and O–H groups in total. The van der Waals surface area contributed by atoms with E-state index in [2.05, 4.69) is 33.1 Å². The largest absolute Gasteiger partial charge is 0.492 e. The molecule has 0 heterocycles. The number of hydrogen-bond acceptors (Lipinski definition) is 5. The topological polar surface area (TPSA) is 93.2 Å². The maximum atomic E-state index is 11.2. The molecule has 0 aliphatic rings. The van der Waals surface area contributed by atoms with Crippen LogP contribution in [0.4, 0.5) is 5.69 Å². The fourth-order valence-electron chi connectivity index (χ4n) is 2.90. The Hall–Kier alpha value is -3.26. The van der Waals surface area contributed by atoms with E-state index in [1.54, 1.807) is 13.1 Å².